The van der Waals surface area contributed by atoms with Gasteiger partial charge in [0.25, 0.3) is 5.91 Å². The van der Waals surface area contributed by atoms with Crippen LogP contribution in [0.2, 0.25) is 10.0 Å². The Kier molecular flexibility index (Phi) is 5.74. The van der Waals surface area contributed by atoms with Gasteiger partial charge in [-0.3, -0.25) is 9.36 Å². The topological polar surface area (TPSA) is 60.9 Å². The van der Waals surface area contributed by atoms with Gasteiger partial charge in [0, 0.05) is 17.0 Å². The lowest BCUT2D eigenvalue weighted by atomic mass is 9.92. The Morgan fingerprint density at radius 1 is 1.17 bits per heavy atom. The van der Waals surface area contributed by atoms with E-state index in [0.717, 1.165) is 11.3 Å². The van der Waals surface area contributed by atoms with Crippen molar-refractivity contribution in [2.45, 2.75) is 34.1 Å². The zero-order valence-corrected chi connectivity index (χ0v) is 18.2. The molecule has 0 fully saturated rings. The van der Waals surface area contributed by atoms with Gasteiger partial charge in [-0.25, -0.2) is 9.37 Å². The summed E-state index contributed by atoms with van der Waals surface area (Å²) < 4.78 is 15.6. The molecule has 152 valence electrons. The fourth-order valence-corrected chi connectivity index (χ4v) is 3.57. The molecule has 0 radical (unpaired) electrons. The zero-order chi connectivity index (χ0) is 21.5. The molecule has 2 N–H and O–H groups in total. The maximum Gasteiger partial charge on any atom is 0.269 e. The lowest BCUT2D eigenvalue weighted by Crippen LogP contribution is -2.14. The van der Waals surface area contributed by atoms with Gasteiger partial charge in [-0.15, -0.1) is 0 Å². The number of hydrogen-bond acceptors (Lipinski definition) is 2. The molecule has 1 amide bonds. The smallest absolute Gasteiger partial charge is 0.269 e. The molecule has 0 saturated carbocycles. The molecule has 0 aliphatic heterocycles. The predicted octanol–water partition coefficient (Wildman–Crippen LogP) is 5.98. The van der Waals surface area contributed by atoms with E-state index in [-0.39, 0.29) is 16.1 Å². The summed E-state index contributed by atoms with van der Waals surface area (Å²) >= 11 is 12.3. The molecule has 3 rings (SSSR count). The minimum absolute atomic E-state index is 0.0501. The number of aryl methyl sites for hydroxylation is 1. The van der Waals surface area contributed by atoms with Crippen LogP contribution in [0.5, 0.6) is 0 Å². The third-order valence-electron chi connectivity index (χ3n) is 4.47. The first-order chi connectivity index (χ1) is 13.5. The van der Waals surface area contributed by atoms with E-state index >= 15 is 0 Å². The highest BCUT2D eigenvalue weighted by Gasteiger charge is 2.27. The van der Waals surface area contributed by atoms with Crippen LogP contribution < -0.4 is 5.73 Å². The SMILES string of the molecule is Cc1ccc(Cl)cc1-n1c(CC(C)(C)C)nc(C(N)=O)c1-c1ccc(F)c(Cl)c1. The Morgan fingerprint density at radius 2 is 1.86 bits per heavy atom. The number of nitrogens with two attached hydrogens (primary N) is 1. The van der Waals surface area contributed by atoms with Crippen LogP contribution in [0, 0.1) is 18.2 Å². The van der Waals surface area contributed by atoms with Gasteiger partial charge in [0.15, 0.2) is 5.69 Å². The molecule has 0 atom stereocenters. The van der Waals surface area contributed by atoms with Crippen LogP contribution in [0.15, 0.2) is 36.4 Å². The highest BCUT2D eigenvalue weighted by molar-refractivity contribution is 6.31. The molecule has 1 aromatic heterocycles. The molecule has 0 unspecified atom stereocenters. The monoisotopic (exact) mass is 433 g/mol. The van der Waals surface area contributed by atoms with E-state index in [4.69, 9.17) is 28.9 Å². The molecule has 0 spiro atoms. The second-order valence-electron chi connectivity index (χ2n) is 8.22. The van der Waals surface area contributed by atoms with Crippen LogP contribution >= 0.6 is 23.2 Å². The highest BCUT2D eigenvalue weighted by Crippen LogP contribution is 2.35. The summed E-state index contributed by atoms with van der Waals surface area (Å²) in [6.07, 6.45) is 0.578. The Labute approximate surface area is 179 Å². The van der Waals surface area contributed by atoms with Crippen LogP contribution in [-0.2, 0) is 6.42 Å². The summed E-state index contributed by atoms with van der Waals surface area (Å²) in [4.78, 5) is 16.9. The van der Waals surface area contributed by atoms with Gasteiger partial charge in [0.1, 0.15) is 11.6 Å². The van der Waals surface area contributed by atoms with Crippen molar-refractivity contribution < 1.29 is 9.18 Å². The minimum atomic E-state index is -0.672. The Balaban J connectivity index is 2.42. The molecule has 0 aliphatic rings. The van der Waals surface area contributed by atoms with Crippen LogP contribution in [0.25, 0.3) is 16.9 Å². The lowest BCUT2D eigenvalue weighted by Gasteiger charge is -2.21. The molecule has 0 aliphatic carbocycles. The minimum Gasteiger partial charge on any atom is -0.364 e. The summed E-state index contributed by atoms with van der Waals surface area (Å²) in [5.41, 5.74) is 8.37. The third kappa shape index (κ3) is 4.46. The number of nitrogens with zero attached hydrogens (tertiary/aromatic N) is 2. The molecule has 29 heavy (non-hydrogen) atoms. The second-order valence-corrected chi connectivity index (χ2v) is 9.07. The van der Waals surface area contributed by atoms with Gasteiger partial charge in [-0.2, -0.15) is 0 Å². The van der Waals surface area contributed by atoms with Gasteiger partial charge in [0.2, 0.25) is 0 Å². The number of aromatic nitrogens is 2. The fraction of sp³-hybridized carbons (Fsp3) is 0.273. The molecule has 0 bridgehead atoms. The number of benzene rings is 2. The van der Waals surface area contributed by atoms with E-state index in [2.05, 4.69) is 25.8 Å². The second kappa shape index (κ2) is 7.81. The van der Waals surface area contributed by atoms with Crippen LogP contribution in [-0.4, -0.2) is 15.5 Å². The molecule has 0 saturated heterocycles. The van der Waals surface area contributed by atoms with Gasteiger partial charge in [-0.05, 0) is 48.2 Å². The number of rotatable bonds is 4. The normalized spacial score (nSPS) is 11.7. The first-order valence-corrected chi connectivity index (χ1v) is 9.87. The van der Waals surface area contributed by atoms with Gasteiger partial charge in [-0.1, -0.05) is 50.0 Å². The molecule has 1 heterocycles. The Hall–Kier alpha value is -2.37. The Bertz CT molecular complexity index is 1100. The molecule has 7 heteroatoms. The summed E-state index contributed by atoms with van der Waals surface area (Å²) in [7, 11) is 0. The standard InChI is InChI=1S/C22H22Cl2FN3O/c1-12-5-7-14(23)10-17(12)28-18(11-22(2,3)4)27-19(21(26)29)20(28)13-6-8-16(25)15(24)9-13/h5-10H,11H2,1-4H3,(H2,26,29). The quantitative estimate of drug-likeness (QED) is 0.549. The molecular formula is C22H22Cl2FN3O. The predicted molar refractivity (Wildman–Crippen MR) is 115 cm³/mol. The zero-order valence-electron chi connectivity index (χ0n) is 16.7. The molecule has 4 nitrogen and oxygen atoms in total. The average molecular weight is 434 g/mol. The molecule has 2 aromatic carbocycles. The highest BCUT2D eigenvalue weighted by atomic mass is 35.5. The number of amides is 1. The summed E-state index contributed by atoms with van der Waals surface area (Å²) in [6.45, 7) is 8.18. The van der Waals surface area contributed by atoms with E-state index in [9.17, 15) is 9.18 Å². The van der Waals surface area contributed by atoms with Crippen LogP contribution in [0.3, 0.4) is 0 Å². The van der Waals surface area contributed by atoms with E-state index in [1.54, 1.807) is 12.1 Å². The van der Waals surface area contributed by atoms with Crippen molar-refractivity contribution in [1.82, 2.24) is 9.55 Å². The van der Waals surface area contributed by atoms with E-state index in [0.29, 0.717) is 28.5 Å². The van der Waals surface area contributed by atoms with E-state index < -0.39 is 11.7 Å². The van der Waals surface area contributed by atoms with E-state index in [1.165, 1.54) is 12.1 Å². The maximum atomic E-state index is 13.8. The third-order valence-corrected chi connectivity index (χ3v) is 5.00. The number of hydrogen-bond donors (Lipinski definition) is 1. The lowest BCUT2D eigenvalue weighted by molar-refractivity contribution is 0.0996. The van der Waals surface area contributed by atoms with Crippen LogP contribution in [0.4, 0.5) is 4.39 Å². The van der Waals surface area contributed by atoms with Gasteiger partial charge in [0.05, 0.1) is 16.4 Å². The number of carbonyl (C=O) groups is 1. The number of imidazole rings is 1. The van der Waals surface area contributed by atoms with Crippen LogP contribution in [0.1, 0.15) is 42.6 Å². The van der Waals surface area contributed by atoms with E-state index in [1.807, 2.05) is 23.6 Å². The molecule has 3 aromatic rings. The van der Waals surface area contributed by atoms with Crippen molar-refractivity contribution in [3.63, 3.8) is 0 Å². The van der Waals surface area contributed by atoms with Crippen molar-refractivity contribution in [3.8, 4) is 16.9 Å². The number of carbonyl (C=O) groups excluding carboxylic acids is 1. The van der Waals surface area contributed by atoms with Gasteiger partial charge >= 0.3 is 0 Å². The van der Waals surface area contributed by atoms with Gasteiger partial charge < -0.3 is 5.73 Å². The van der Waals surface area contributed by atoms with Crippen molar-refractivity contribution in [2.24, 2.45) is 11.1 Å². The number of primary amides is 1. The van der Waals surface area contributed by atoms with Crippen molar-refractivity contribution in [1.29, 1.82) is 0 Å². The largest absolute Gasteiger partial charge is 0.364 e. The van der Waals surface area contributed by atoms with Crippen molar-refractivity contribution >= 4 is 29.1 Å². The summed E-state index contributed by atoms with van der Waals surface area (Å²) in [5, 5.41) is 0.496. The van der Waals surface area contributed by atoms with Crippen molar-refractivity contribution in [3.05, 3.63) is 69.3 Å². The fourth-order valence-electron chi connectivity index (χ4n) is 3.22. The Morgan fingerprint density at radius 3 is 2.45 bits per heavy atom. The first kappa shape index (κ1) is 21.3. The maximum absolute atomic E-state index is 13.8. The summed E-state index contributed by atoms with van der Waals surface area (Å²) in [5.74, 6) is -0.558. The van der Waals surface area contributed by atoms with Crippen molar-refractivity contribution in [2.75, 3.05) is 0 Å². The molecular weight excluding hydrogens is 412 g/mol. The average Bonchev–Trinajstić information content (AvgIpc) is 2.97. The first-order valence-electron chi connectivity index (χ1n) is 9.11. The summed E-state index contributed by atoms with van der Waals surface area (Å²) in [6, 6.07) is 9.78. The number of halogens is 3.